The summed E-state index contributed by atoms with van der Waals surface area (Å²) in [6.07, 6.45) is 2.39. The van der Waals surface area contributed by atoms with Gasteiger partial charge in [0.2, 0.25) is 0 Å². The van der Waals surface area contributed by atoms with Crippen LogP contribution in [0.4, 0.5) is 5.82 Å². The van der Waals surface area contributed by atoms with E-state index in [0.29, 0.717) is 5.65 Å². The number of rotatable bonds is 2. The van der Waals surface area contributed by atoms with Crippen LogP contribution in [-0.4, -0.2) is 60.8 Å². The molecule has 3 unspecified atom stereocenters. The lowest BCUT2D eigenvalue weighted by molar-refractivity contribution is -0.0948. The molecule has 1 saturated heterocycles. The standard InChI is InChI=1S/C15H20N4O4/c1-15(22)11(21)9(6-20)23-14(15)19-5-8-3-2-4-16-12-10(8)13(19)18-7-17-12/h5,7,9,11,14,20-22H,2-4,6H2,1H3,(H,16,17,18)/t9?,11-,14?,15?/m1/s1. The van der Waals surface area contributed by atoms with Crippen LogP contribution in [0.15, 0.2) is 12.5 Å². The molecule has 124 valence electrons. The molecular formula is C15H20N4O4. The molecule has 8 nitrogen and oxygen atoms in total. The highest BCUT2D eigenvalue weighted by Gasteiger charge is 2.53. The number of ether oxygens (including phenoxy) is 1. The van der Waals surface area contributed by atoms with Crippen LogP contribution in [0.2, 0.25) is 0 Å². The Hall–Kier alpha value is -1.74. The second-order valence-electron chi connectivity index (χ2n) is 6.39. The van der Waals surface area contributed by atoms with Crippen molar-refractivity contribution in [1.82, 2.24) is 14.5 Å². The fourth-order valence-electron chi connectivity index (χ4n) is 3.54. The van der Waals surface area contributed by atoms with E-state index in [0.717, 1.165) is 36.2 Å². The molecule has 4 atom stereocenters. The molecule has 1 fully saturated rings. The van der Waals surface area contributed by atoms with Crippen LogP contribution in [0.5, 0.6) is 0 Å². The highest BCUT2D eigenvalue weighted by molar-refractivity contribution is 5.91. The van der Waals surface area contributed by atoms with Crippen LogP contribution >= 0.6 is 0 Å². The molecule has 2 aromatic rings. The Balaban J connectivity index is 1.87. The van der Waals surface area contributed by atoms with E-state index in [9.17, 15) is 15.3 Å². The molecule has 23 heavy (non-hydrogen) atoms. The second-order valence-corrected chi connectivity index (χ2v) is 6.39. The van der Waals surface area contributed by atoms with E-state index >= 15 is 0 Å². The van der Waals surface area contributed by atoms with Gasteiger partial charge in [0.15, 0.2) is 6.23 Å². The third kappa shape index (κ3) is 2.06. The summed E-state index contributed by atoms with van der Waals surface area (Å²) >= 11 is 0. The van der Waals surface area contributed by atoms with Crippen molar-refractivity contribution in [1.29, 1.82) is 0 Å². The van der Waals surface area contributed by atoms with Crippen molar-refractivity contribution in [3.63, 3.8) is 0 Å². The van der Waals surface area contributed by atoms with Crippen molar-refractivity contribution in [2.45, 2.75) is 43.8 Å². The van der Waals surface area contributed by atoms with Gasteiger partial charge < -0.3 is 29.9 Å². The average Bonchev–Trinajstić information content (AvgIpc) is 2.90. The molecule has 0 radical (unpaired) electrons. The number of anilines is 1. The number of nitrogens with zero attached hydrogens (tertiary/aromatic N) is 3. The highest BCUT2D eigenvalue weighted by Crippen LogP contribution is 2.41. The first-order chi connectivity index (χ1) is 11.0. The molecule has 0 spiro atoms. The van der Waals surface area contributed by atoms with Gasteiger partial charge in [-0.15, -0.1) is 0 Å². The number of aliphatic hydroxyl groups is 3. The van der Waals surface area contributed by atoms with Gasteiger partial charge in [-0.3, -0.25) is 0 Å². The van der Waals surface area contributed by atoms with Gasteiger partial charge in [-0.2, -0.15) is 0 Å². The summed E-state index contributed by atoms with van der Waals surface area (Å²) in [5.41, 5.74) is 0.205. The predicted octanol–water partition coefficient (Wildman–Crippen LogP) is -0.209. The molecule has 0 aliphatic carbocycles. The van der Waals surface area contributed by atoms with Crippen LogP contribution in [-0.2, 0) is 11.2 Å². The van der Waals surface area contributed by atoms with Crippen molar-refractivity contribution in [3.8, 4) is 0 Å². The van der Waals surface area contributed by atoms with Crippen LogP contribution in [0, 0.1) is 0 Å². The highest BCUT2D eigenvalue weighted by atomic mass is 16.6. The number of hydrogen-bond acceptors (Lipinski definition) is 7. The number of aliphatic hydroxyl groups excluding tert-OH is 2. The lowest BCUT2D eigenvalue weighted by Gasteiger charge is -2.27. The first kappa shape index (κ1) is 14.8. The Morgan fingerprint density at radius 2 is 2.30 bits per heavy atom. The number of nitrogens with one attached hydrogen (secondary N) is 1. The zero-order valence-electron chi connectivity index (χ0n) is 12.8. The molecule has 2 aliphatic heterocycles. The Morgan fingerprint density at radius 1 is 1.48 bits per heavy atom. The minimum absolute atomic E-state index is 0.359. The normalized spacial score (nSPS) is 33.7. The van der Waals surface area contributed by atoms with Gasteiger partial charge in [0, 0.05) is 12.7 Å². The molecule has 0 amide bonds. The third-order valence-corrected chi connectivity index (χ3v) is 4.79. The molecule has 4 N–H and O–H groups in total. The topological polar surface area (TPSA) is 113 Å². The van der Waals surface area contributed by atoms with Crippen LogP contribution in [0.3, 0.4) is 0 Å². The zero-order valence-corrected chi connectivity index (χ0v) is 12.8. The third-order valence-electron chi connectivity index (χ3n) is 4.79. The van der Waals surface area contributed by atoms with Crippen LogP contribution in [0.25, 0.3) is 11.0 Å². The van der Waals surface area contributed by atoms with E-state index in [1.807, 2.05) is 6.20 Å². The Kier molecular flexibility index (Phi) is 3.31. The fraction of sp³-hybridized carbons (Fsp3) is 0.600. The van der Waals surface area contributed by atoms with E-state index < -0.39 is 24.0 Å². The Morgan fingerprint density at radius 3 is 3.04 bits per heavy atom. The van der Waals surface area contributed by atoms with E-state index in [1.165, 1.54) is 13.3 Å². The monoisotopic (exact) mass is 320 g/mol. The first-order valence-corrected chi connectivity index (χ1v) is 7.79. The minimum atomic E-state index is -1.53. The maximum atomic E-state index is 10.7. The van der Waals surface area contributed by atoms with E-state index in [1.54, 1.807) is 4.57 Å². The summed E-state index contributed by atoms with van der Waals surface area (Å²) in [6, 6.07) is 0. The molecule has 0 aromatic carbocycles. The van der Waals surface area contributed by atoms with Crippen molar-refractivity contribution >= 4 is 16.9 Å². The number of aryl methyl sites for hydroxylation is 1. The summed E-state index contributed by atoms with van der Waals surface area (Å²) in [4.78, 5) is 8.64. The van der Waals surface area contributed by atoms with Gasteiger partial charge in [0.05, 0.1) is 12.0 Å². The molecule has 2 aliphatic rings. The van der Waals surface area contributed by atoms with Crippen molar-refractivity contribution in [3.05, 3.63) is 18.1 Å². The summed E-state index contributed by atoms with van der Waals surface area (Å²) in [6.45, 7) is 2.00. The van der Waals surface area contributed by atoms with Gasteiger partial charge in [-0.1, -0.05) is 0 Å². The maximum absolute atomic E-state index is 10.7. The maximum Gasteiger partial charge on any atom is 0.167 e. The summed E-state index contributed by atoms with van der Waals surface area (Å²) in [7, 11) is 0. The fourth-order valence-corrected chi connectivity index (χ4v) is 3.54. The van der Waals surface area contributed by atoms with Crippen LogP contribution < -0.4 is 5.32 Å². The smallest absolute Gasteiger partial charge is 0.167 e. The van der Waals surface area contributed by atoms with E-state index in [2.05, 4.69) is 15.3 Å². The minimum Gasteiger partial charge on any atom is -0.394 e. The molecule has 0 bridgehead atoms. The van der Waals surface area contributed by atoms with Crippen molar-refractivity contribution in [2.24, 2.45) is 0 Å². The van der Waals surface area contributed by atoms with Crippen LogP contribution in [0.1, 0.15) is 25.1 Å². The molecule has 8 heteroatoms. The SMILES string of the molecule is CC1(O)C(n2cc3c4c(ncnc42)NCCC3)OC(CO)[C@H]1O. The van der Waals surface area contributed by atoms with Gasteiger partial charge in [-0.25, -0.2) is 9.97 Å². The average molecular weight is 320 g/mol. The largest absolute Gasteiger partial charge is 0.394 e. The van der Waals surface area contributed by atoms with Crippen molar-refractivity contribution < 1.29 is 20.1 Å². The number of hydrogen-bond donors (Lipinski definition) is 4. The van der Waals surface area contributed by atoms with E-state index in [-0.39, 0.29) is 6.61 Å². The molecule has 0 saturated carbocycles. The summed E-state index contributed by atoms with van der Waals surface area (Å²) < 4.78 is 7.45. The summed E-state index contributed by atoms with van der Waals surface area (Å²) in [5, 5.41) is 34.5. The van der Waals surface area contributed by atoms with Crippen molar-refractivity contribution in [2.75, 3.05) is 18.5 Å². The van der Waals surface area contributed by atoms with Gasteiger partial charge in [0.1, 0.15) is 35.6 Å². The summed E-state index contributed by atoms with van der Waals surface area (Å²) in [5.74, 6) is 0.776. The van der Waals surface area contributed by atoms with Gasteiger partial charge >= 0.3 is 0 Å². The Bertz CT molecular complexity index is 744. The molecule has 4 heterocycles. The van der Waals surface area contributed by atoms with Gasteiger partial charge in [-0.05, 0) is 25.3 Å². The molecule has 4 rings (SSSR count). The number of aromatic nitrogens is 3. The molecule has 2 aromatic heterocycles. The Labute approximate surface area is 132 Å². The second kappa shape index (κ2) is 5.13. The molecular weight excluding hydrogens is 300 g/mol. The predicted molar refractivity (Wildman–Crippen MR) is 82.0 cm³/mol. The lowest BCUT2D eigenvalue weighted by atomic mass is 9.96. The zero-order chi connectivity index (χ0) is 16.2. The van der Waals surface area contributed by atoms with E-state index in [4.69, 9.17) is 4.74 Å². The quantitative estimate of drug-likeness (QED) is 0.605. The van der Waals surface area contributed by atoms with Gasteiger partial charge in [0.25, 0.3) is 0 Å². The first-order valence-electron chi connectivity index (χ1n) is 7.79. The lowest BCUT2D eigenvalue weighted by Crippen LogP contribution is -2.44.